The van der Waals surface area contributed by atoms with Crippen molar-refractivity contribution in [1.82, 2.24) is 0 Å². The van der Waals surface area contributed by atoms with E-state index in [9.17, 15) is 31.5 Å². The highest BCUT2D eigenvalue weighted by Crippen LogP contribution is 2.37. The first-order valence-corrected chi connectivity index (χ1v) is 13.9. The number of alkyl halides is 3. The zero-order valence-electron chi connectivity index (χ0n) is 20.8. The zero-order valence-corrected chi connectivity index (χ0v) is 21.6. The molecule has 1 aliphatic rings. The van der Waals surface area contributed by atoms with E-state index in [0.717, 1.165) is 23.4 Å². The summed E-state index contributed by atoms with van der Waals surface area (Å²) in [5, 5.41) is 12.7. The van der Waals surface area contributed by atoms with Crippen LogP contribution in [0.5, 0.6) is 0 Å². The number of rotatable bonds is 8. The summed E-state index contributed by atoms with van der Waals surface area (Å²) in [6, 6.07) is 18.4. The Balaban J connectivity index is 1.38. The van der Waals surface area contributed by atoms with Gasteiger partial charge in [0.05, 0.1) is 35.3 Å². The predicted molar refractivity (Wildman–Crippen MR) is 140 cm³/mol. The van der Waals surface area contributed by atoms with E-state index in [1.165, 1.54) is 24.3 Å². The molecular formula is C28H29F3N2O4S. The van der Waals surface area contributed by atoms with Crippen molar-refractivity contribution in [3.05, 3.63) is 89.5 Å². The minimum Gasteiger partial charge on any atom is -0.394 e. The second kappa shape index (κ2) is 11.2. The van der Waals surface area contributed by atoms with Gasteiger partial charge in [0.25, 0.3) is 0 Å². The van der Waals surface area contributed by atoms with Crippen molar-refractivity contribution >= 4 is 27.1 Å². The van der Waals surface area contributed by atoms with Gasteiger partial charge in [0.2, 0.25) is 5.91 Å². The summed E-state index contributed by atoms with van der Waals surface area (Å²) >= 11 is 0. The predicted octanol–water partition coefficient (Wildman–Crippen LogP) is 5.04. The second-order valence-corrected chi connectivity index (χ2v) is 11.6. The number of sulfone groups is 1. The molecule has 1 amide bonds. The number of carbonyl (C=O) groups excluding carboxylic acids is 1. The van der Waals surface area contributed by atoms with E-state index < -0.39 is 21.6 Å². The van der Waals surface area contributed by atoms with Gasteiger partial charge in [0.15, 0.2) is 9.84 Å². The van der Waals surface area contributed by atoms with Crippen LogP contribution in [0.15, 0.2) is 77.7 Å². The quantitative estimate of drug-likeness (QED) is 0.414. The van der Waals surface area contributed by atoms with Crippen molar-refractivity contribution in [3.8, 4) is 0 Å². The number of aliphatic hydroxyl groups is 1. The summed E-state index contributed by atoms with van der Waals surface area (Å²) in [5.41, 5.74) is 2.22. The minimum atomic E-state index is -4.38. The van der Waals surface area contributed by atoms with Crippen LogP contribution < -0.4 is 10.2 Å². The largest absolute Gasteiger partial charge is 0.416 e. The maximum absolute atomic E-state index is 12.9. The summed E-state index contributed by atoms with van der Waals surface area (Å²) in [5.74, 6) is -0.261. The Morgan fingerprint density at radius 2 is 1.63 bits per heavy atom. The van der Waals surface area contributed by atoms with Gasteiger partial charge in [-0.1, -0.05) is 31.2 Å². The molecular weight excluding hydrogens is 517 g/mol. The van der Waals surface area contributed by atoms with Gasteiger partial charge < -0.3 is 15.3 Å². The third kappa shape index (κ3) is 6.36. The molecule has 0 bridgehead atoms. The van der Waals surface area contributed by atoms with E-state index in [1.54, 1.807) is 31.2 Å². The summed E-state index contributed by atoms with van der Waals surface area (Å²) in [6.07, 6.45) is -3.69. The smallest absolute Gasteiger partial charge is 0.394 e. The van der Waals surface area contributed by atoms with Crippen LogP contribution in [-0.2, 0) is 27.2 Å². The summed E-state index contributed by atoms with van der Waals surface area (Å²) in [4.78, 5) is 14.8. The molecule has 0 radical (unpaired) electrons. The highest BCUT2D eigenvalue weighted by Gasteiger charge is 2.34. The van der Waals surface area contributed by atoms with E-state index in [0.29, 0.717) is 24.2 Å². The van der Waals surface area contributed by atoms with Gasteiger partial charge in [-0.25, -0.2) is 8.42 Å². The molecule has 1 saturated heterocycles. The molecule has 202 valence electrons. The van der Waals surface area contributed by atoms with E-state index in [4.69, 9.17) is 0 Å². The van der Waals surface area contributed by atoms with Crippen LogP contribution in [0.3, 0.4) is 0 Å². The fourth-order valence-electron chi connectivity index (χ4n) is 4.70. The molecule has 0 aromatic heterocycles. The van der Waals surface area contributed by atoms with Crippen LogP contribution in [0, 0.1) is 0 Å². The molecule has 0 aliphatic carbocycles. The van der Waals surface area contributed by atoms with Crippen LogP contribution in [0.2, 0.25) is 0 Å². The van der Waals surface area contributed by atoms with E-state index in [-0.39, 0.29) is 41.5 Å². The Morgan fingerprint density at radius 3 is 2.18 bits per heavy atom. The van der Waals surface area contributed by atoms with Crippen molar-refractivity contribution in [2.45, 2.75) is 42.8 Å². The average Bonchev–Trinajstić information content (AvgIpc) is 3.33. The highest BCUT2D eigenvalue weighted by molar-refractivity contribution is 7.91. The first-order chi connectivity index (χ1) is 18.0. The standard InChI is InChI=1S/C28H29F3N2O4S/c1-2-38(36,37)26-13-3-19(4-14-26)15-27(35)32-23-9-11-24(12-10-23)33-17-21(16-25(33)18-34)20-5-7-22(8-6-20)28(29,30)31/h3-14,21,25,34H,2,15-18H2,1H3,(H,32,35)/t21?,25-/m0/s1. The van der Waals surface area contributed by atoms with Crippen LogP contribution in [0.4, 0.5) is 24.5 Å². The van der Waals surface area contributed by atoms with Gasteiger partial charge in [-0.05, 0) is 66.1 Å². The fourth-order valence-corrected chi connectivity index (χ4v) is 5.58. The lowest BCUT2D eigenvalue weighted by molar-refractivity contribution is -0.137. The van der Waals surface area contributed by atoms with Crippen LogP contribution in [0.25, 0.3) is 0 Å². The third-order valence-corrected chi connectivity index (χ3v) is 8.59. The van der Waals surface area contributed by atoms with Crippen molar-refractivity contribution in [1.29, 1.82) is 0 Å². The Morgan fingerprint density at radius 1 is 1.00 bits per heavy atom. The molecule has 1 fully saturated rings. The monoisotopic (exact) mass is 546 g/mol. The molecule has 2 atom stereocenters. The fraction of sp³-hybridized carbons (Fsp3) is 0.321. The number of aliphatic hydroxyl groups excluding tert-OH is 1. The van der Waals surface area contributed by atoms with E-state index in [1.807, 2.05) is 17.0 Å². The third-order valence-electron chi connectivity index (χ3n) is 6.84. The number of amides is 1. The zero-order chi connectivity index (χ0) is 27.5. The molecule has 1 heterocycles. The number of carbonyl (C=O) groups is 1. The molecule has 4 rings (SSSR count). The number of nitrogens with one attached hydrogen (secondary N) is 1. The maximum Gasteiger partial charge on any atom is 0.416 e. The van der Waals surface area contributed by atoms with Crippen molar-refractivity contribution in [3.63, 3.8) is 0 Å². The van der Waals surface area contributed by atoms with Crippen molar-refractivity contribution < 1.29 is 31.5 Å². The van der Waals surface area contributed by atoms with Crippen molar-refractivity contribution in [2.24, 2.45) is 0 Å². The van der Waals surface area contributed by atoms with Crippen LogP contribution in [0.1, 0.15) is 36.0 Å². The molecule has 6 nitrogen and oxygen atoms in total. The maximum atomic E-state index is 12.9. The number of anilines is 2. The van der Waals surface area contributed by atoms with Gasteiger partial charge >= 0.3 is 6.18 Å². The van der Waals surface area contributed by atoms with Crippen LogP contribution in [-0.4, -0.2) is 44.4 Å². The number of hydrogen-bond donors (Lipinski definition) is 2. The molecule has 0 spiro atoms. The highest BCUT2D eigenvalue weighted by atomic mass is 32.2. The first-order valence-electron chi connectivity index (χ1n) is 12.3. The van der Waals surface area contributed by atoms with Gasteiger partial charge in [0.1, 0.15) is 0 Å². The molecule has 1 unspecified atom stereocenters. The molecule has 0 saturated carbocycles. The lowest BCUT2D eigenvalue weighted by Gasteiger charge is -2.25. The summed E-state index contributed by atoms with van der Waals surface area (Å²) in [6.45, 7) is 2.04. The van der Waals surface area contributed by atoms with Crippen molar-refractivity contribution in [2.75, 3.05) is 29.1 Å². The molecule has 10 heteroatoms. The topological polar surface area (TPSA) is 86.7 Å². The van der Waals surface area contributed by atoms with Gasteiger partial charge in [0, 0.05) is 23.8 Å². The van der Waals surface area contributed by atoms with Gasteiger partial charge in [-0.2, -0.15) is 13.2 Å². The van der Waals surface area contributed by atoms with Crippen LogP contribution >= 0.6 is 0 Å². The summed E-state index contributed by atoms with van der Waals surface area (Å²) in [7, 11) is -3.30. The Labute approximate surface area is 220 Å². The molecule has 3 aromatic carbocycles. The number of nitrogens with zero attached hydrogens (tertiary/aromatic N) is 1. The molecule has 38 heavy (non-hydrogen) atoms. The average molecular weight is 547 g/mol. The molecule has 2 N–H and O–H groups in total. The Bertz CT molecular complexity index is 1360. The van der Waals surface area contributed by atoms with Gasteiger partial charge in [-0.3, -0.25) is 4.79 Å². The SMILES string of the molecule is CCS(=O)(=O)c1ccc(CC(=O)Nc2ccc(N3CC(c4ccc(C(F)(F)F)cc4)C[C@H]3CO)cc2)cc1. The lowest BCUT2D eigenvalue weighted by atomic mass is 9.95. The Kier molecular flexibility index (Phi) is 8.13. The number of benzene rings is 3. The minimum absolute atomic E-state index is 0.00895. The normalized spacial score (nSPS) is 18.0. The molecule has 1 aliphatic heterocycles. The second-order valence-electron chi connectivity index (χ2n) is 9.36. The van der Waals surface area contributed by atoms with E-state index in [2.05, 4.69) is 5.32 Å². The Hall–Kier alpha value is -3.37. The van der Waals surface area contributed by atoms with E-state index >= 15 is 0 Å². The number of halogens is 3. The first kappa shape index (κ1) is 27.7. The van der Waals surface area contributed by atoms with Gasteiger partial charge in [-0.15, -0.1) is 0 Å². The lowest BCUT2D eigenvalue weighted by Crippen LogP contribution is -2.32. The number of hydrogen-bond acceptors (Lipinski definition) is 5. The molecule has 3 aromatic rings. The summed E-state index contributed by atoms with van der Waals surface area (Å²) < 4.78 is 62.6.